The maximum absolute atomic E-state index is 12.9. The molecule has 1 N–H and O–H groups in total. The zero-order valence-electron chi connectivity index (χ0n) is 16.9. The van der Waals surface area contributed by atoms with Crippen LogP contribution in [0.4, 0.5) is 0 Å². The minimum Gasteiger partial charge on any atom is -0.459 e. The first kappa shape index (κ1) is 20.8. The number of rotatable bonds is 7. The lowest BCUT2D eigenvalue weighted by atomic mass is 9.98. The number of nitriles is 1. The number of benzene rings is 2. The van der Waals surface area contributed by atoms with Crippen molar-refractivity contribution in [2.24, 2.45) is 4.99 Å². The number of fused-ring (bicyclic) bond motifs is 1. The highest BCUT2D eigenvalue weighted by molar-refractivity contribution is 5.84. The summed E-state index contributed by atoms with van der Waals surface area (Å²) in [5.41, 5.74) is 2.18. The first-order valence-corrected chi connectivity index (χ1v) is 9.72. The molecule has 150 valence electrons. The molecule has 2 atom stereocenters. The Morgan fingerprint density at radius 1 is 1.17 bits per heavy atom. The molecule has 5 heteroatoms. The highest BCUT2D eigenvalue weighted by Gasteiger charge is 2.21. The van der Waals surface area contributed by atoms with Gasteiger partial charge in [0, 0.05) is 17.8 Å². The molecule has 5 nitrogen and oxygen atoms in total. The normalized spacial score (nSPS) is 13.8. The molecular formula is C25H23N3O2. The van der Waals surface area contributed by atoms with Crippen molar-refractivity contribution in [1.29, 1.82) is 5.26 Å². The number of para-hydroxylation sites is 1. The maximum Gasteiger partial charge on any atom is 0.228 e. The Balaban J connectivity index is 1.83. The van der Waals surface area contributed by atoms with Crippen LogP contribution in [0.15, 0.2) is 88.4 Å². The number of hydrogen-bond donors (Lipinski definition) is 1. The van der Waals surface area contributed by atoms with Crippen molar-refractivity contribution in [2.75, 3.05) is 0 Å². The van der Waals surface area contributed by atoms with E-state index in [9.17, 15) is 4.79 Å². The Bertz CT molecular complexity index is 1100. The van der Waals surface area contributed by atoms with Crippen molar-refractivity contribution in [3.05, 3.63) is 95.9 Å². The molecule has 1 heterocycles. The van der Waals surface area contributed by atoms with Crippen molar-refractivity contribution in [3.63, 3.8) is 0 Å². The van der Waals surface area contributed by atoms with Crippen molar-refractivity contribution < 1.29 is 9.21 Å². The topological polar surface area (TPSA) is 78.4 Å². The summed E-state index contributed by atoms with van der Waals surface area (Å²) in [4.78, 5) is 17.0. The summed E-state index contributed by atoms with van der Waals surface area (Å²) in [5, 5.41) is 13.0. The summed E-state index contributed by atoms with van der Waals surface area (Å²) in [6.45, 7) is 3.68. The predicted molar refractivity (Wildman–Crippen MR) is 119 cm³/mol. The molecule has 0 spiro atoms. The van der Waals surface area contributed by atoms with E-state index in [4.69, 9.17) is 9.68 Å². The number of hydrogen-bond acceptors (Lipinski definition) is 4. The maximum atomic E-state index is 12.9. The number of nitrogens with one attached hydrogen (secondary N) is 1. The number of carbonyl (C=O) groups is 1. The lowest BCUT2D eigenvalue weighted by Crippen LogP contribution is -2.31. The number of amides is 1. The van der Waals surface area contributed by atoms with Crippen LogP contribution in [0.25, 0.3) is 11.0 Å². The zero-order chi connectivity index (χ0) is 21.3. The summed E-state index contributed by atoms with van der Waals surface area (Å²) in [6, 6.07) is 18.4. The molecule has 0 saturated carbocycles. The second-order valence-electron chi connectivity index (χ2n) is 6.76. The number of allylic oxidation sites excluding steroid dienone is 2. The van der Waals surface area contributed by atoms with E-state index in [1.807, 2.05) is 56.3 Å². The van der Waals surface area contributed by atoms with Gasteiger partial charge in [-0.25, -0.2) is 0 Å². The lowest BCUT2D eigenvalue weighted by molar-refractivity contribution is -0.122. The van der Waals surface area contributed by atoms with Crippen molar-refractivity contribution >= 4 is 23.1 Å². The largest absolute Gasteiger partial charge is 0.459 e. The summed E-state index contributed by atoms with van der Waals surface area (Å²) >= 11 is 0. The molecule has 2 aromatic carbocycles. The fraction of sp³-hybridized carbons (Fsp3) is 0.160. The van der Waals surface area contributed by atoms with Crippen LogP contribution in [0.5, 0.6) is 0 Å². The van der Waals surface area contributed by atoms with E-state index in [0.29, 0.717) is 11.3 Å². The van der Waals surface area contributed by atoms with E-state index in [1.165, 1.54) is 0 Å². The van der Waals surface area contributed by atoms with Crippen molar-refractivity contribution in [3.8, 4) is 6.07 Å². The van der Waals surface area contributed by atoms with Gasteiger partial charge in [0.05, 0.1) is 17.6 Å². The number of carbonyl (C=O) groups excluding carboxylic acids is 1. The number of furan rings is 1. The number of nitrogens with zero attached hydrogens (tertiary/aromatic N) is 2. The van der Waals surface area contributed by atoms with E-state index in [1.54, 1.807) is 42.8 Å². The molecule has 0 aliphatic carbocycles. The van der Waals surface area contributed by atoms with Gasteiger partial charge in [-0.2, -0.15) is 5.26 Å². The molecule has 0 bridgehead atoms. The molecule has 0 aliphatic rings. The van der Waals surface area contributed by atoms with Crippen LogP contribution >= 0.6 is 0 Å². The predicted octanol–water partition coefficient (Wildman–Crippen LogP) is 5.43. The van der Waals surface area contributed by atoms with Gasteiger partial charge in [-0.15, -0.1) is 0 Å². The van der Waals surface area contributed by atoms with Crippen LogP contribution in [-0.4, -0.2) is 12.1 Å². The average molecular weight is 397 g/mol. The van der Waals surface area contributed by atoms with Gasteiger partial charge in [0.25, 0.3) is 0 Å². The first-order valence-electron chi connectivity index (χ1n) is 9.72. The third-order valence-electron chi connectivity index (χ3n) is 4.72. The van der Waals surface area contributed by atoms with E-state index < -0.39 is 6.04 Å². The molecule has 2 unspecified atom stereocenters. The van der Waals surface area contributed by atoms with E-state index in [0.717, 1.165) is 16.5 Å². The molecule has 0 fully saturated rings. The molecule has 3 aromatic rings. The molecule has 30 heavy (non-hydrogen) atoms. The van der Waals surface area contributed by atoms with Gasteiger partial charge in [0.1, 0.15) is 17.4 Å². The van der Waals surface area contributed by atoms with Crippen molar-refractivity contribution in [1.82, 2.24) is 5.32 Å². The van der Waals surface area contributed by atoms with Crippen LogP contribution < -0.4 is 5.32 Å². The quantitative estimate of drug-likeness (QED) is 0.427. The fourth-order valence-corrected chi connectivity index (χ4v) is 3.01. The van der Waals surface area contributed by atoms with Gasteiger partial charge in [-0.1, -0.05) is 42.5 Å². The standard InChI is InChI=1S/C25H23N3O2/c1-3-27-15-7-6-9-22(24-16-21-8-4-5-10-23(21)30-24)28-25(29)18(2)20-13-11-19(17-26)12-14-20/h3-16,18,22H,1-2H3,(H,28,29)/b9-6+,15-7-,27-3?. The SMILES string of the molecule is CC=N/C=C\C=C\C(NC(=O)C(C)c1ccc(C#N)cc1)c1cc2ccccc2o1. The third-order valence-corrected chi connectivity index (χ3v) is 4.72. The summed E-state index contributed by atoms with van der Waals surface area (Å²) < 4.78 is 5.97. The van der Waals surface area contributed by atoms with Gasteiger partial charge in [0.15, 0.2) is 0 Å². The monoisotopic (exact) mass is 397 g/mol. The fourth-order valence-electron chi connectivity index (χ4n) is 3.01. The number of aliphatic imine (C=N–C) groups is 1. The third kappa shape index (κ3) is 5.12. The van der Waals surface area contributed by atoms with Crippen LogP contribution in [0, 0.1) is 11.3 Å². The summed E-state index contributed by atoms with van der Waals surface area (Å²) in [6.07, 6.45) is 8.86. The van der Waals surface area contributed by atoms with E-state index >= 15 is 0 Å². The molecule has 0 saturated heterocycles. The van der Waals surface area contributed by atoms with Crippen LogP contribution in [-0.2, 0) is 4.79 Å². The van der Waals surface area contributed by atoms with E-state index in [2.05, 4.69) is 16.4 Å². The van der Waals surface area contributed by atoms with Crippen LogP contribution in [0.1, 0.15) is 42.7 Å². The van der Waals surface area contributed by atoms with Crippen molar-refractivity contribution in [2.45, 2.75) is 25.8 Å². The Hall–Kier alpha value is -3.91. The minimum atomic E-state index is -0.430. The van der Waals surface area contributed by atoms with Gasteiger partial charge < -0.3 is 9.73 Å². The average Bonchev–Trinajstić information content (AvgIpc) is 3.21. The Morgan fingerprint density at radius 3 is 2.63 bits per heavy atom. The Kier molecular flexibility index (Phi) is 6.96. The smallest absolute Gasteiger partial charge is 0.228 e. The molecule has 0 aliphatic heterocycles. The molecule has 1 aromatic heterocycles. The molecule has 0 radical (unpaired) electrons. The molecule has 1 amide bonds. The molecule has 3 rings (SSSR count). The highest BCUT2D eigenvalue weighted by Crippen LogP contribution is 2.26. The van der Waals surface area contributed by atoms with Gasteiger partial charge in [0.2, 0.25) is 5.91 Å². The molecular weight excluding hydrogens is 374 g/mol. The zero-order valence-corrected chi connectivity index (χ0v) is 16.9. The Labute approximate surface area is 176 Å². The highest BCUT2D eigenvalue weighted by atomic mass is 16.3. The summed E-state index contributed by atoms with van der Waals surface area (Å²) in [5.74, 6) is 0.142. The minimum absolute atomic E-state index is 0.134. The van der Waals surface area contributed by atoms with Crippen LogP contribution in [0.3, 0.4) is 0 Å². The lowest BCUT2D eigenvalue weighted by Gasteiger charge is -2.17. The second-order valence-corrected chi connectivity index (χ2v) is 6.76. The van der Waals surface area contributed by atoms with E-state index in [-0.39, 0.29) is 11.8 Å². The van der Waals surface area contributed by atoms with Gasteiger partial charge >= 0.3 is 0 Å². The summed E-state index contributed by atoms with van der Waals surface area (Å²) in [7, 11) is 0. The van der Waals surface area contributed by atoms with Crippen LogP contribution in [0.2, 0.25) is 0 Å². The Morgan fingerprint density at radius 2 is 1.93 bits per heavy atom. The van der Waals surface area contributed by atoms with Gasteiger partial charge in [-0.05, 0) is 49.8 Å². The van der Waals surface area contributed by atoms with Gasteiger partial charge in [-0.3, -0.25) is 9.79 Å². The second kappa shape index (κ2) is 10.0. The first-order chi connectivity index (χ1) is 14.6.